The van der Waals surface area contributed by atoms with Crippen LogP contribution < -0.4 is 0 Å². The highest BCUT2D eigenvalue weighted by Gasteiger charge is 2.11. The zero-order chi connectivity index (χ0) is 10.5. The molecule has 1 aliphatic carbocycles. The van der Waals surface area contributed by atoms with Crippen LogP contribution >= 0.6 is 0 Å². The summed E-state index contributed by atoms with van der Waals surface area (Å²) in [7, 11) is 0. The molecule has 2 aliphatic rings. The van der Waals surface area contributed by atoms with E-state index in [0.29, 0.717) is 5.57 Å². The van der Waals surface area contributed by atoms with E-state index in [1.165, 1.54) is 19.3 Å². The number of hydrogen-bond donors (Lipinski definition) is 0. The maximum absolute atomic E-state index is 10.7. The summed E-state index contributed by atoms with van der Waals surface area (Å²) in [4.78, 5) is 13.0. The number of likely N-dealkylation sites (tertiary alicyclic amines) is 1. The molecule has 0 aromatic rings. The summed E-state index contributed by atoms with van der Waals surface area (Å²) >= 11 is 0. The van der Waals surface area contributed by atoms with E-state index in [1.54, 1.807) is 0 Å². The number of carbonyl (C=O) groups excluding carboxylic acids is 1. The molecule has 1 radical (unpaired) electrons. The highest BCUT2D eigenvalue weighted by atomic mass is 16.1. The molecule has 1 heterocycles. The molecule has 1 aliphatic heterocycles. The third-order valence-corrected chi connectivity index (χ3v) is 2.92. The first-order valence-corrected chi connectivity index (χ1v) is 5.60. The normalized spacial score (nSPS) is 24.1. The van der Waals surface area contributed by atoms with Crippen LogP contribution in [0.4, 0.5) is 0 Å². The van der Waals surface area contributed by atoms with Crippen LogP contribution in [-0.4, -0.2) is 24.3 Å². The van der Waals surface area contributed by atoms with E-state index in [0.717, 1.165) is 25.1 Å². The van der Waals surface area contributed by atoms with Gasteiger partial charge < -0.3 is 4.90 Å². The number of rotatable bonds is 2. The maximum Gasteiger partial charge on any atom is 0.233 e. The second-order valence-electron chi connectivity index (χ2n) is 4.07. The number of allylic oxidation sites excluding steroid dienone is 5. The summed E-state index contributed by atoms with van der Waals surface area (Å²) in [6.07, 6.45) is 14.7. The van der Waals surface area contributed by atoms with E-state index < -0.39 is 0 Å². The van der Waals surface area contributed by atoms with Crippen LogP contribution in [0, 0.1) is 0 Å². The SMILES string of the molecule is O=[C]C1=CC=CCC1=CN1CCCCC1. The molecule has 15 heavy (non-hydrogen) atoms. The monoisotopic (exact) mass is 202 g/mol. The van der Waals surface area contributed by atoms with Crippen LogP contribution in [0.25, 0.3) is 0 Å². The summed E-state index contributed by atoms with van der Waals surface area (Å²) in [6, 6.07) is 0. The molecule has 0 N–H and O–H groups in total. The lowest BCUT2D eigenvalue weighted by Gasteiger charge is -2.26. The molecule has 2 heteroatoms. The highest BCUT2D eigenvalue weighted by molar-refractivity contribution is 5.82. The predicted molar refractivity (Wildman–Crippen MR) is 61.0 cm³/mol. The molecule has 2 rings (SSSR count). The van der Waals surface area contributed by atoms with E-state index in [2.05, 4.69) is 17.2 Å². The summed E-state index contributed by atoms with van der Waals surface area (Å²) in [5, 5.41) is 0. The van der Waals surface area contributed by atoms with Gasteiger partial charge >= 0.3 is 0 Å². The Morgan fingerprint density at radius 3 is 2.80 bits per heavy atom. The Hall–Kier alpha value is -1.31. The molecule has 79 valence electrons. The van der Waals surface area contributed by atoms with Gasteiger partial charge in [0, 0.05) is 24.9 Å². The molecule has 1 saturated heterocycles. The predicted octanol–water partition coefficient (Wildman–Crippen LogP) is 2.35. The maximum atomic E-state index is 10.7. The fourth-order valence-corrected chi connectivity index (χ4v) is 2.07. The van der Waals surface area contributed by atoms with Gasteiger partial charge in [0.15, 0.2) is 0 Å². The van der Waals surface area contributed by atoms with Crippen LogP contribution in [0.3, 0.4) is 0 Å². The molecule has 0 amide bonds. The largest absolute Gasteiger partial charge is 0.377 e. The Bertz CT molecular complexity index is 319. The molecular weight excluding hydrogens is 186 g/mol. The zero-order valence-corrected chi connectivity index (χ0v) is 8.91. The van der Waals surface area contributed by atoms with Gasteiger partial charge in [-0.15, -0.1) is 0 Å². The van der Waals surface area contributed by atoms with Gasteiger partial charge in [0.05, 0.1) is 0 Å². The molecule has 0 atom stereocenters. The minimum Gasteiger partial charge on any atom is -0.377 e. The number of piperidine rings is 1. The fourth-order valence-electron chi connectivity index (χ4n) is 2.07. The first kappa shape index (κ1) is 10.2. The van der Waals surface area contributed by atoms with Crippen molar-refractivity contribution in [2.24, 2.45) is 0 Å². The van der Waals surface area contributed by atoms with Crippen LogP contribution in [0.1, 0.15) is 25.7 Å². The minimum absolute atomic E-state index is 0.711. The molecule has 0 spiro atoms. The molecule has 1 fully saturated rings. The molecule has 0 unspecified atom stereocenters. The summed E-state index contributed by atoms with van der Waals surface area (Å²) in [5.74, 6) is 0. The standard InChI is InChI=1S/C13H16NO/c15-11-13-7-3-2-6-12(13)10-14-8-4-1-5-9-14/h2-3,7,10H,1,4-6,8-9H2. The van der Waals surface area contributed by atoms with Crippen LogP contribution in [0.15, 0.2) is 35.6 Å². The minimum atomic E-state index is 0.711. The van der Waals surface area contributed by atoms with Gasteiger partial charge in [0.1, 0.15) is 0 Å². The van der Waals surface area contributed by atoms with E-state index in [1.807, 2.05) is 18.4 Å². The fraction of sp³-hybridized carbons (Fsp3) is 0.462. The van der Waals surface area contributed by atoms with E-state index in [-0.39, 0.29) is 0 Å². The van der Waals surface area contributed by atoms with Crippen molar-refractivity contribution >= 4 is 6.29 Å². The van der Waals surface area contributed by atoms with Crippen LogP contribution in [0.2, 0.25) is 0 Å². The summed E-state index contributed by atoms with van der Waals surface area (Å²) in [5.41, 5.74) is 1.82. The highest BCUT2D eigenvalue weighted by Crippen LogP contribution is 2.20. The van der Waals surface area contributed by atoms with Crippen molar-refractivity contribution in [3.05, 3.63) is 35.6 Å². The molecular formula is C13H16NO. The van der Waals surface area contributed by atoms with Crippen molar-refractivity contribution in [1.82, 2.24) is 4.90 Å². The second kappa shape index (κ2) is 4.96. The Morgan fingerprint density at radius 2 is 2.07 bits per heavy atom. The average molecular weight is 202 g/mol. The number of hydrogen-bond acceptors (Lipinski definition) is 2. The average Bonchev–Trinajstić information content (AvgIpc) is 2.31. The van der Waals surface area contributed by atoms with Gasteiger partial charge in [-0.05, 0) is 31.3 Å². The van der Waals surface area contributed by atoms with Gasteiger partial charge in [-0.2, -0.15) is 0 Å². The Labute approximate surface area is 91.0 Å². The van der Waals surface area contributed by atoms with Crippen LogP contribution in [0.5, 0.6) is 0 Å². The van der Waals surface area contributed by atoms with E-state index in [4.69, 9.17) is 0 Å². The van der Waals surface area contributed by atoms with Gasteiger partial charge in [-0.1, -0.05) is 18.2 Å². The van der Waals surface area contributed by atoms with Crippen molar-refractivity contribution < 1.29 is 4.79 Å². The zero-order valence-electron chi connectivity index (χ0n) is 8.91. The van der Waals surface area contributed by atoms with Crippen molar-refractivity contribution in [1.29, 1.82) is 0 Å². The summed E-state index contributed by atoms with van der Waals surface area (Å²) in [6.45, 7) is 2.25. The van der Waals surface area contributed by atoms with Crippen LogP contribution in [-0.2, 0) is 4.79 Å². The third kappa shape index (κ3) is 2.58. The van der Waals surface area contributed by atoms with E-state index in [9.17, 15) is 4.79 Å². The quantitative estimate of drug-likeness (QED) is 0.685. The Kier molecular flexibility index (Phi) is 3.38. The smallest absolute Gasteiger partial charge is 0.233 e. The lowest BCUT2D eigenvalue weighted by atomic mass is 9.99. The van der Waals surface area contributed by atoms with Crippen molar-refractivity contribution in [3.63, 3.8) is 0 Å². The second-order valence-corrected chi connectivity index (χ2v) is 4.07. The Balaban J connectivity index is 2.08. The van der Waals surface area contributed by atoms with Gasteiger partial charge in [0.2, 0.25) is 6.29 Å². The van der Waals surface area contributed by atoms with Gasteiger partial charge in [0.25, 0.3) is 0 Å². The molecule has 2 nitrogen and oxygen atoms in total. The molecule has 0 saturated carbocycles. The first-order valence-electron chi connectivity index (χ1n) is 5.60. The topological polar surface area (TPSA) is 20.3 Å². The molecule has 0 aromatic carbocycles. The third-order valence-electron chi connectivity index (χ3n) is 2.92. The van der Waals surface area contributed by atoms with Crippen molar-refractivity contribution in [2.75, 3.05) is 13.1 Å². The van der Waals surface area contributed by atoms with Gasteiger partial charge in [-0.3, -0.25) is 4.79 Å². The number of nitrogens with zero attached hydrogens (tertiary/aromatic N) is 1. The lowest BCUT2D eigenvalue weighted by molar-refractivity contribution is 0.307. The van der Waals surface area contributed by atoms with Gasteiger partial charge in [-0.25, -0.2) is 0 Å². The van der Waals surface area contributed by atoms with Crippen molar-refractivity contribution in [3.8, 4) is 0 Å². The molecule has 0 aromatic heterocycles. The van der Waals surface area contributed by atoms with Crippen molar-refractivity contribution in [2.45, 2.75) is 25.7 Å². The summed E-state index contributed by atoms with van der Waals surface area (Å²) < 4.78 is 0. The molecule has 0 bridgehead atoms. The Morgan fingerprint density at radius 1 is 1.27 bits per heavy atom. The van der Waals surface area contributed by atoms with E-state index >= 15 is 0 Å². The first-order chi connectivity index (χ1) is 7.40. The lowest BCUT2D eigenvalue weighted by Crippen LogP contribution is -2.25.